The molecule has 0 aliphatic carbocycles. The fourth-order valence-corrected chi connectivity index (χ4v) is 3.71. The second-order valence-electron chi connectivity index (χ2n) is 7.06. The molecule has 0 spiro atoms. The molecule has 26 heavy (non-hydrogen) atoms. The number of fused-ring (bicyclic) bond motifs is 1. The van der Waals surface area contributed by atoms with Gasteiger partial charge in [0.2, 0.25) is 0 Å². The summed E-state index contributed by atoms with van der Waals surface area (Å²) in [5.74, 6) is 1.06. The van der Waals surface area contributed by atoms with Crippen molar-refractivity contribution in [2.45, 2.75) is 19.4 Å². The van der Waals surface area contributed by atoms with Gasteiger partial charge in [0.25, 0.3) is 5.56 Å². The first-order valence-electron chi connectivity index (χ1n) is 9.49. The molecule has 1 aromatic carbocycles. The molecule has 2 aliphatic heterocycles. The van der Waals surface area contributed by atoms with Crippen molar-refractivity contribution in [1.82, 2.24) is 19.6 Å². The number of hydrogen-bond acceptors (Lipinski definition) is 5. The van der Waals surface area contributed by atoms with Gasteiger partial charge in [0.15, 0.2) is 0 Å². The fraction of sp³-hybridized carbons (Fsp3) is 0.500. The summed E-state index contributed by atoms with van der Waals surface area (Å²) in [6.07, 6.45) is 3.81. The van der Waals surface area contributed by atoms with Crippen LogP contribution in [0, 0.1) is 0 Å². The first-order valence-corrected chi connectivity index (χ1v) is 9.49. The minimum Gasteiger partial charge on any atom is -0.493 e. The minimum atomic E-state index is -0.0223. The van der Waals surface area contributed by atoms with E-state index in [2.05, 4.69) is 33.1 Å². The average Bonchev–Trinajstić information content (AvgIpc) is 3.14. The van der Waals surface area contributed by atoms with Crippen LogP contribution in [0.25, 0.3) is 0 Å². The maximum Gasteiger partial charge on any atom is 0.266 e. The van der Waals surface area contributed by atoms with Gasteiger partial charge in [0, 0.05) is 58.0 Å². The van der Waals surface area contributed by atoms with Gasteiger partial charge < -0.3 is 9.64 Å². The maximum atomic E-state index is 11.7. The summed E-state index contributed by atoms with van der Waals surface area (Å²) >= 11 is 0. The van der Waals surface area contributed by atoms with Crippen LogP contribution in [0.15, 0.2) is 41.3 Å². The number of nitrogens with zero attached hydrogens (tertiary/aromatic N) is 4. The van der Waals surface area contributed by atoms with E-state index in [1.807, 2.05) is 0 Å². The Balaban J connectivity index is 1.20. The molecule has 2 aliphatic rings. The summed E-state index contributed by atoms with van der Waals surface area (Å²) in [6, 6.07) is 9.88. The summed E-state index contributed by atoms with van der Waals surface area (Å²) in [5, 5.41) is 4.12. The van der Waals surface area contributed by atoms with Crippen molar-refractivity contribution in [2.75, 3.05) is 45.9 Å². The predicted octanol–water partition coefficient (Wildman–Crippen LogP) is 1.04. The molecule has 1 fully saturated rings. The molecular weight excluding hydrogens is 328 g/mol. The number of rotatable bonds is 6. The van der Waals surface area contributed by atoms with Crippen molar-refractivity contribution in [3.8, 4) is 5.75 Å². The van der Waals surface area contributed by atoms with Gasteiger partial charge in [-0.1, -0.05) is 12.1 Å². The van der Waals surface area contributed by atoms with Crippen molar-refractivity contribution in [3.05, 3.63) is 58.0 Å². The van der Waals surface area contributed by atoms with E-state index in [0.717, 1.165) is 64.5 Å². The maximum absolute atomic E-state index is 11.7. The monoisotopic (exact) mass is 354 g/mol. The molecule has 3 heterocycles. The first-order chi connectivity index (χ1) is 12.8. The molecule has 1 saturated heterocycles. The lowest BCUT2D eigenvalue weighted by Crippen LogP contribution is -2.48. The Morgan fingerprint density at radius 2 is 1.81 bits per heavy atom. The Labute approximate surface area is 154 Å². The average molecular weight is 354 g/mol. The molecule has 0 amide bonds. The molecule has 2 aromatic rings. The largest absolute Gasteiger partial charge is 0.493 e. The van der Waals surface area contributed by atoms with Gasteiger partial charge in [0.05, 0.1) is 13.2 Å². The molecular formula is C20H26N4O2. The van der Waals surface area contributed by atoms with Gasteiger partial charge in [-0.15, -0.1) is 0 Å². The molecule has 0 saturated carbocycles. The Bertz CT molecular complexity index is 796. The summed E-state index contributed by atoms with van der Waals surface area (Å²) < 4.78 is 7.13. The van der Waals surface area contributed by atoms with Crippen LogP contribution in [0.2, 0.25) is 0 Å². The zero-order valence-corrected chi connectivity index (χ0v) is 15.1. The molecule has 0 atom stereocenters. The van der Waals surface area contributed by atoms with E-state index in [0.29, 0.717) is 6.54 Å². The van der Waals surface area contributed by atoms with Crippen LogP contribution in [0.1, 0.15) is 11.1 Å². The van der Waals surface area contributed by atoms with Gasteiger partial charge in [-0.3, -0.25) is 9.69 Å². The van der Waals surface area contributed by atoms with E-state index in [1.54, 1.807) is 23.0 Å². The van der Waals surface area contributed by atoms with E-state index in [-0.39, 0.29) is 5.56 Å². The van der Waals surface area contributed by atoms with E-state index in [4.69, 9.17) is 4.74 Å². The lowest BCUT2D eigenvalue weighted by atomic mass is 10.1. The van der Waals surface area contributed by atoms with E-state index in [9.17, 15) is 4.79 Å². The highest BCUT2D eigenvalue weighted by Gasteiger charge is 2.17. The highest BCUT2D eigenvalue weighted by molar-refractivity contribution is 5.39. The van der Waals surface area contributed by atoms with Gasteiger partial charge >= 0.3 is 0 Å². The molecule has 138 valence electrons. The van der Waals surface area contributed by atoms with E-state index in [1.165, 1.54) is 11.1 Å². The zero-order chi connectivity index (χ0) is 17.8. The molecule has 4 rings (SSSR count). The smallest absolute Gasteiger partial charge is 0.266 e. The number of ether oxygens (including phenoxy) is 1. The quantitative estimate of drug-likeness (QED) is 0.776. The molecule has 0 N–H and O–H groups in total. The highest BCUT2D eigenvalue weighted by Crippen LogP contribution is 2.26. The normalized spacial score (nSPS) is 17.8. The third kappa shape index (κ3) is 4.14. The van der Waals surface area contributed by atoms with Crippen LogP contribution >= 0.6 is 0 Å². The fourth-order valence-electron chi connectivity index (χ4n) is 3.71. The highest BCUT2D eigenvalue weighted by atomic mass is 16.5. The molecule has 0 unspecified atom stereocenters. The van der Waals surface area contributed by atoms with Crippen LogP contribution < -0.4 is 10.3 Å². The summed E-state index contributed by atoms with van der Waals surface area (Å²) in [4.78, 5) is 16.7. The van der Waals surface area contributed by atoms with Crippen molar-refractivity contribution in [2.24, 2.45) is 0 Å². The topological polar surface area (TPSA) is 50.6 Å². The zero-order valence-electron chi connectivity index (χ0n) is 15.1. The van der Waals surface area contributed by atoms with Crippen LogP contribution in [-0.2, 0) is 19.4 Å². The molecule has 6 heteroatoms. The van der Waals surface area contributed by atoms with Gasteiger partial charge in [-0.05, 0) is 29.7 Å². The lowest BCUT2D eigenvalue weighted by molar-refractivity contribution is 0.129. The van der Waals surface area contributed by atoms with Crippen molar-refractivity contribution < 1.29 is 4.74 Å². The predicted molar refractivity (Wildman–Crippen MR) is 101 cm³/mol. The number of piperazine rings is 1. The van der Waals surface area contributed by atoms with Crippen molar-refractivity contribution in [1.29, 1.82) is 0 Å². The third-order valence-electron chi connectivity index (χ3n) is 5.35. The molecule has 1 aromatic heterocycles. The Kier molecular flexibility index (Phi) is 5.32. The third-order valence-corrected chi connectivity index (χ3v) is 5.35. The molecule has 6 nitrogen and oxygen atoms in total. The summed E-state index contributed by atoms with van der Waals surface area (Å²) in [5.41, 5.74) is 2.74. The van der Waals surface area contributed by atoms with Crippen LogP contribution in [-0.4, -0.2) is 65.5 Å². The standard InChI is InChI=1S/C20H26N4O2/c25-20-2-1-7-21-24(20)14-13-23-11-9-22(10-12-23)8-5-17-3-4-19-18(16-17)6-15-26-19/h1-4,7,16H,5-6,8-15H2. The van der Waals surface area contributed by atoms with Crippen LogP contribution in [0.5, 0.6) is 5.75 Å². The Hall–Kier alpha value is -2.18. The van der Waals surface area contributed by atoms with Gasteiger partial charge in [0.1, 0.15) is 5.75 Å². The van der Waals surface area contributed by atoms with Crippen molar-refractivity contribution in [3.63, 3.8) is 0 Å². The van der Waals surface area contributed by atoms with E-state index < -0.39 is 0 Å². The second-order valence-corrected chi connectivity index (χ2v) is 7.06. The van der Waals surface area contributed by atoms with Crippen LogP contribution in [0.3, 0.4) is 0 Å². The SMILES string of the molecule is O=c1cccnn1CCN1CCN(CCc2ccc3c(c2)CCO3)CC1. The number of aromatic nitrogens is 2. The molecule has 0 bridgehead atoms. The Morgan fingerprint density at radius 3 is 2.62 bits per heavy atom. The molecule has 0 radical (unpaired) electrons. The Morgan fingerprint density at radius 1 is 1.00 bits per heavy atom. The number of hydrogen-bond donors (Lipinski definition) is 0. The number of benzene rings is 1. The van der Waals surface area contributed by atoms with Crippen molar-refractivity contribution >= 4 is 0 Å². The van der Waals surface area contributed by atoms with Crippen LogP contribution in [0.4, 0.5) is 0 Å². The summed E-state index contributed by atoms with van der Waals surface area (Å²) in [6.45, 7) is 7.76. The minimum absolute atomic E-state index is 0.0223. The van der Waals surface area contributed by atoms with E-state index >= 15 is 0 Å². The first kappa shape index (κ1) is 17.2. The second kappa shape index (κ2) is 8.01. The van der Waals surface area contributed by atoms with Gasteiger partial charge in [-0.25, -0.2) is 4.68 Å². The lowest BCUT2D eigenvalue weighted by Gasteiger charge is -2.34. The summed E-state index contributed by atoms with van der Waals surface area (Å²) in [7, 11) is 0. The van der Waals surface area contributed by atoms with Gasteiger partial charge in [-0.2, -0.15) is 5.10 Å².